The van der Waals surface area contributed by atoms with Crippen LogP contribution in [0.5, 0.6) is 0 Å². The molecule has 0 aliphatic heterocycles. The second-order valence-corrected chi connectivity index (χ2v) is 6.04. The summed E-state index contributed by atoms with van der Waals surface area (Å²) in [7, 11) is 0. The summed E-state index contributed by atoms with van der Waals surface area (Å²) in [5, 5.41) is 18.1. The largest absolute Gasteiger partial charge is 0.308 e. The molecule has 2 heterocycles. The van der Waals surface area contributed by atoms with Gasteiger partial charge in [0, 0.05) is 0 Å². The Labute approximate surface area is 166 Å². The van der Waals surface area contributed by atoms with Crippen LogP contribution < -0.4 is 5.32 Å². The molecule has 2 aromatic heterocycles. The molecular weight excluding hydrogens is 416 g/mol. The molecule has 0 aliphatic rings. The lowest BCUT2D eigenvalue weighted by atomic mass is 10.3. The number of anilines is 1. The SMILES string of the molecule is N#Cc1cnn(-c2ccccc2)c1NC(=O)Cn1nc(C(F)F)c(Cl)c1C(F)F. The van der Waals surface area contributed by atoms with Gasteiger partial charge in [0.05, 0.1) is 16.9 Å². The molecule has 0 aliphatic carbocycles. The summed E-state index contributed by atoms with van der Waals surface area (Å²) in [6, 6.07) is 10.4. The summed E-state index contributed by atoms with van der Waals surface area (Å²) in [5.74, 6) is -0.893. The van der Waals surface area contributed by atoms with Crippen molar-refractivity contribution >= 4 is 23.3 Å². The second kappa shape index (κ2) is 8.32. The molecule has 7 nitrogen and oxygen atoms in total. The highest BCUT2D eigenvalue weighted by Gasteiger charge is 2.29. The normalized spacial score (nSPS) is 11.1. The van der Waals surface area contributed by atoms with Crippen molar-refractivity contribution in [2.45, 2.75) is 19.4 Å². The Balaban J connectivity index is 1.91. The molecule has 1 amide bonds. The van der Waals surface area contributed by atoms with Gasteiger partial charge in [0.15, 0.2) is 5.82 Å². The van der Waals surface area contributed by atoms with Crippen LogP contribution in [0, 0.1) is 11.3 Å². The van der Waals surface area contributed by atoms with Crippen LogP contribution in [0.2, 0.25) is 5.02 Å². The first-order chi connectivity index (χ1) is 13.8. The van der Waals surface area contributed by atoms with Crippen LogP contribution in [-0.2, 0) is 11.3 Å². The lowest BCUT2D eigenvalue weighted by molar-refractivity contribution is -0.117. The van der Waals surface area contributed by atoms with Gasteiger partial charge in [-0.25, -0.2) is 22.2 Å². The maximum atomic E-state index is 13.2. The van der Waals surface area contributed by atoms with Crippen molar-refractivity contribution in [3.05, 3.63) is 58.5 Å². The summed E-state index contributed by atoms with van der Waals surface area (Å²) in [6.45, 7) is -0.822. The maximum Gasteiger partial charge on any atom is 0.283 e. The van der Waals surface area contributed by atoms with Crippen molar-refractivity contribution in [1.29, 1.82) is 5.26 Å². The van der Waals surface area contributed by atoms with Gasteiger partial charge in [-0.05, 0) is 12.1 Å². The lowest BCUT2D eigenvalue weighted by Gasteiger charge is -2.11. The van der Waals surface area contributed by atoms with Crippen molar-refractivity contribution in [2.75, 3.05) is 5.32 Å². The third-order valence-corrected chi connectivity index (χ3v) is 4.20. The van der Waals surface area contributed by atoms with Gasteiger partial charge < -0.3 is 5.32 Å². The predicted molar refractivity (Wildman–Crippen MR) is 94.1 cm³/mol. The molecule has 0 unspecified atom stereocenters. The molecule has 150 valence electrons. The van der Waals surface area contributed by atoms with Crippen LogP contribution in [0.15, 0.2) is 36.5 Å². The highest BCUT2D eigenvalue weighted by Crippen LogP contribution is 2.34. The van der Waals surface area contributed by atoms with E-state index in [2.05, 4.69) is 15.5 Å². The van der Waals surface area contributed by atoms with E-state index in [9.17, 15) is 27.6 Å². The summed E-state index contributed by atoms with van der Waals surface area (Å²) < 4.78 is 53.9. The van der Waals surface area contributed by atoms with Crippen LogP contribution in [0.3, 0.4) is 0 Å². The number of nitrogens with zero attached hydrogens (tertiary/aromatic N) is 5. The van der Waals surface area contributed by atoms with E-state index in [-0.39, 0.29) is 11.4 Å². The first-order valence-electron chi connectivity index (χ1n) is 7.99. The third-order valence-electron chi connectivity index (χ3n) is 3.81. The van der Waals surface area contributed by atoms with Crippen LogP contribution in [-0.4, -0.2) is 25.5 Å². The zero-order valence-electron chi connectivity index (χ0n) is 14.4. The Kier molecular flexibility index (Phi) is 5.84. The van der Waals surface area contributed by atoms with Gasteiger partial charge in [0.1, 0.15) is 29.6 Å². The summed E-state index contributed by atoms with van der Waals surface area (Å²) in [4.78, 5) is 12.4. The molecule has 29 heavy (non-hydrogen) atoms. The maximum absolute atomic E-state index is 13.2. The minimum Gasteiger partial charge on any atom is -0.308 e. The Morgan fingerprint density at radius 3 is 2.48 bits per heavy atom. The predicted octanol–water partition coefficient (Wildman–Crippen LogP) is 4.11. The van der Waals surface area contributed by atoms with E-state index >= 15 is 0 Å². The van der Waals surface area contributed by atoms with E-state index in [1.807, 2.05) is 6.07 Å². The fourth-order valence-corrected chi connectivity index (χ4v) is 2.86. The highest BCUT2D eigenvalue weighted by atomic mass is 35.5. The van der Waals surface area contributed by atoms with Gasteiger partial charge in [-0.2, -0.15) is 15.5 Å². The molecule has 0 spiro atoms. The number of amides is 1. The van der Waals surface area contributed by atoms with Gasteiger partial charge >= 0.3 is 0 Å². The molecule has 0 bridgehead atoms. The van der Waals surface area contributed by atoms with Gasteiger partial charge in [-0.3, -0.25) is 9.48 Å². The monoisotopic (exact) mass is 426 g/mol. The molecular formula is C17H11ClF4N6O. The van der Waals surface area contributed by atoms with Crippen molar-refractivity contribution in [1.82, 2.24) is 19.6 Å². The van der Waals surface area contributed by atoms with Gasteiger partial charge in [-0.15, -0.1) is 0 Å². The number of nitrogens with one attached hydrogen (secondary N) is 1. The second-order valence-electron chi connectivity index (χ2n) is 5.66. The Bertz CT molecular complexity index is 1070. The molecule has 12 heteroatoms. The topological polar surface area (TPSA) is 88.5 Å². The number of nitriles is 1. The number of rotatable bonds is 6. The minimum absolute atomic E-state index is 0.00497. The standard InChI is InChI=1S/C17H11ClF4N6O/c18-12-13(15(19)20)26-27(14(12)16(21)22)8-11(29)25-17-9(6-23)7-24-28(17)10-4-2-1-3-5-10/h1-5,7,15-16H,8H2,(H,25,29). The summed E-state index contributed by atoms with van der Waals surface area (Å²) >= 11 is 5.57. The van der Waals surface area contributed by atoms with E-state index in [1.165, 1.54) is 10.9 Å². The average Bonchev–Trinajstić information content (AvgIpc) is 3.23. The van der Waals surface area contributed by atoms with Crippen LogP contribution in [0.4, 0.5) is 23.4 Å². The molecule has 3 aromatic rings. The summed E-state index contributed by atoms with van der Waals surface area (Å²) in [6.07, 6.45) is -5.19. The first-order valence-corrected chi connectivity index (χ1v) is 8.37. The zero-order valence-corrected chi connectivity index (χ0v) is 15.1. The molecule has 0 saturated heterocycles. The minimum atomic E-state index is -3.22. The van der Waals surface area contributed by atoms with E-state index in [1.54, 1.807) is 30.3 Å². The van der Waals surface area contributed by atoms with Crippen LogP contribution >= 0.6 is 11.6 Å². The number of carbonyl (C=O) groups excluding carboxylic acids is 1. The van der Waals surface area contributed by atoms with Gasteiger partial charge in [0.25, 0.3) is 12.9 Å². The number of halogens is 5. The van der Waals surface area contributed by atoms with Crippen molar-refractivity contribution in [2.24, 2.45) is 0 Å². The molecule has 1 aromatic carbocycles. The zero-order chi connectivity index (χ0) is 21.1. The number of hydrogen-bond donors (Lipinski definition) is 1. The molecule has 3 rings (SSSR count). The fraction of sp³-hybridized carbons (Fsp3) is 0.176. The Morgan fingerprint density at radius 2 is 1.90 bits per heavy atom. The van der Waals surface area contributed by atoms with Crippen molar-refractivity contribution < 1.29 is 22.4 Å². The first kappa shape index (κ1) is 20.3. The number of alkyl halides is 4. The Hall–Kier alpha value is -3.39. The van der Waals surface area contributed by atoms with Crippen LogP contribution in [0.1, 0.15) is 29.8 Å². The smallest absolute Gasteiger partial charge is 0.283 e. The third kappa shape index (κ3) is 4.07. The molecule has 0 saturated carbocycles. The molecule has 0 atom stereocenters. The average molecular weight is 427 g/mol. The van der Waals surface area contributed by atoms with Gasteiger partial charge in [0.2, 0.25) is 5.91 Å². The van der Waals surface area contributed by atoms with Crippen LogP contribution in [0.25, 0.3) is 5.69 Å². The Morgan fingerprint density at radius 1 is 1.21 bits per heavy atom. The molecule has 0 radical (unpaired) electrons. The quantitative estimate of drug-likeness (QED) is 0.601. The molecule has 1 N–H and O–H groups in total. The highest BCUT2D eigenvalue weighted by molar-refractivity contribution is 6.32. The van der Waals surface area contributed by atoms with E-state index < -0.39 is 41.7 Å². The number of para-hydroxylation sites is 1. The lowest BCUT2D eigenvalue weighted by Crippen LogP contribution is -2.23. The fourth-order valence-electron chi connectivity index (χ4n) is 2.56. The number of aromatic nitrogens is 4. The number of carbonyl (C=O) groups is 1. The van der Waals surface area contributed by atoms with E-state index in [4.69, 9.17) is 11.6 Å². The van der Waals surface area contributed by atoms with Crippen molar-refractivity contribution in [3.63, 3.8) is 0 Å². The summed E-state index contributed by atoms with van der Waals surface area (Å²) in [5.41, 5.74) is -1.49. The number of hydrogen-bond acceptors (Lipinski definition) is 4. The van der Waals surface area contributed by atoms with Gasteiger partial charge in [-0.1, -0.05) is 29.8 Å². The number of benzene rings is 1. The van der Waals surface area contributed by atoms with E-state index in [0.29, 0.717) is 10.4 Å². The van der Waals surface area contributed by atoms with E-state index in [0.717, 1.165) is 0 Å². The molecule has 0 fully saturated rings. The van der Waals surface area contributed by atoms with Crippen molar-refractivity contribution in [3.8, 4) is 11.8 Å².